The first-order valence-corrected chi connectivity index (χ1v) is 6.83. The van der Waals surface area contributed by atoms with Gasteiger partial charge in [-0.3, -0.25) is 0 Å². The van der Waals surface area contributed by atoms with E-state index in [0.29, 0.717) is 11.8 Å². The predicted molar refractivity (Wildman–Crippen MR) is 61.4 cm³/mol. The highest BCUT2D eigenvalue weighted by Crippen LogP contribution is 2.34. The maximum Gasteiger partial charge on any atom is 0.198 e. The number of thioether (sulfide) groups is 1. The van der Waals surface area contributed by atoms with Gasteiger partial charge in [-0.25, -0.2) is 4.98 Å². The Kier molecular flexibility index (Phi) is 2.71. The van der Waals surface area contributed by atoms with Gasteiger partial charge in [0, 0.05) is 24.1 Å². The van der Waals surface area contributed by atoms with Crippen LogP contribution in [0, 0.1) is 0 Å². The molecule has 15 heavy (non-hydrogen) atoms. The lowest BCUT2D eigenvalue weighted by Gasteiger charge is -2.04. The molecule has 2 atom stereocenters. The molecule has 3 rings (SSSR count). The molecule has 1 aromatic rings. The molecule has 1 N–H and O–H groups in total. The van der Waals surface area contributed by atoms with Crippen molar-refractivity contribution in [3.63, 3.8) is 0 Å². The molecule has 3 heterocycles. The first-order chi connectivity index (χ1) is 7.43. The first kappa shape index (κ1) is 9.73. The fraction of sp³-hybridized carbons (Fsp3) is 0.727. The molecule has 2 aliphatic heterocycles. The standard InChI is InChI=1S/C11H16N2OS/c1-3-12-5-8(1)11-13-6-10(14-11)9-2-4-15-7-9/h6,8-9,12H,1-5,7H2. The molecule has 0 bridgehead atoms. The van der Waals surface area contributed by atoms with Crippen LogP contribution in [0.15, 0.2) is 10.6 Å². The molecule has 0 radical (unpaired) electrons. The van der Waals surface area contributed by atoms with Crippen LogP contribution in [0.4, 0.5) is 0 Å². The van der Waals surface area contributed by atoms with Gasteiger partial charge in [-0.05, 0) is 25.1 Å². The van der Waals surface area contributed by atoms with Gasteiger partial charge in [0.1, 0.15) is 5.76 Å². The predicted octanol–water partition coefficient (Wildman–Crippen LogP) is 1.97. The zero-order valence-corrected chi connectivity index (χ0v) is 9.55. The lowest BCUT2D eigenvalue weighted by molar-refractivity contribution is 0.409. The van der Waals surface area contributed by atoms with Gasteiger partial charge in [0.2, 0.25) is 0 Å². The molecule has 82 valence electrons. The summed E-state index contributed by atoms with van der Waals surface area (Å²) in [5.41, 5.74) is 0. The molecule has 4 heteroatoms. The number of hydrogen-bond acceptors (Lipinski definition) is 4. The van der Waals surface area contributed by atoms with Gasteiger partial charge >= 0.3 is 0 Å². The average Bonchev–Trinajstić information content (AvgIpc) is 3.02. The van der Waals surface area contributed by atoms with Gasteiger partial charge in [-0.1, -0.05) is 0 Å². The second kappa shape index (κ2) is 4.18. The molecule has 2 saturated heterocycles. The Morgan fingerprint density at radius 3 is 3.13 bits per heavy atom. The fourth-order valence-corrected chi connectivity index (χ4v) is 3.54. The van der Waals surface area contributed by atoms with E-state index in [0.717, 1.165) is 24.7 Å². The number of aromatic nitrogens is 1. The maximum absolute atomic E-state index is 5.89. The maximum atomic E-state index is 5.89. The molecular formula is C11H16N2OS. The lowest BCUT2D eigenvalue weighted by Crippen LogP contribution is -2.08. The van der Waals surface area contributed by atoms with Gasteiger partial charge in [0.15, 0.2) is 5.89 Å². The number of nitrogens with one attached hydrogen (secondary N) is 1. The monoisotopic (exact) mass is 224 g/mol. The van der Waals surface area contributed by atoms with E-state index in [4.69, 9.17) is 4.42 Å². The summed E-state index contributed by atoms with van der Waals surface area (Å²) in [4.78, 5) is 4.43. The van der Waals surface area contributed by atoms with Crippen LogP contribution in [-0.2, 0) is 0 Å². The van der Waals surface area contributed by atoms with Crippen molar-refractivity contribution in [3.8, 4) is 0 Å². The smallest absolute Gasteiger partial charge is 0.198 e. The van der Waals surface area contributed by atoms with Gasteiger partial charge in [0.05, 0.1) is 6.20 Å². The van der Waals surface area contributed by atoms with E-state index in [2.05, 4.69) is 10.3 Å². The summed E-state index contributed by atoms with van der Waals surface area (Å²) >= 11 is 2.02. The quantitative estimate of drug-likeness (QED) is 0.833. The largest absolute Gasteiger partial charge is 0.445 e. The molecule has 2 aliphatic rings. The van der Waals surface area contributed by atoms with Gasteiger partial charge in [0.25, 0.3) is 0 Å². The summed E-state index contributed by atoms with van der Waals surface area (Å²) in [7, 11) is 0. The van der Waals surface area contributed by atoms with Crippen LogP contribution in [0.25, 0.3) is 0 Å². The molecule has 1 aromatic heterocycles. The first-order valence-electron chi connectivity index (χ1n) is 5.67. The third-order valence-corrected chi connectivity index (χ3v) is 4.45. The number of nitrogens with zero attached hydrogens (tertiary/aromatic N) is 1. The third kappa shape index (κ3) is 1.93. The minimum absolute atomic E-state index is 0.507. The minimum Gasteiger partial charge on any atom is -0.445 e. The van der Waals surface area contributed by atoms with Crippen molar-refractivity contribution in [2.75, 3.05) is 24.6 Å². The normalized spacial score (nSPS) is 31.2. The van der Waals surface area contributed by atoms with Gasteiger partial charge < -0.3 is 9.73 Å². The van der Waals surface area contributed by atoms with Crippen LogP contribution in [0.5, 0.6) is 0 Å². The van der Waals surface area contributed by atoms with E-state index < -0.39 is 0 Å². The van der Waals surface area contributed by atoms with Crippen molar-refractivity contribution in [2.45, 2.75) is 24.7 Å². The molecule has 2 unspecified atom stereocenters. The molecule has 2 fully saturated rings. The van der Waals surface area contributed by atoms with E-state index in [9.17, 15) is 0 Å². The second-order valence-corrected chi connectivity index (χ2v) is 5.50. The zero-order chi connectivity index (χ0) is 10.1. The van der Waals surface area contributed by atoms with E-state index in [1.54, 1.807) is 0 Å². The molecule has 0 saturated carbocycles. The Labute approximate surface area is 94.0 Å². The Hall–Kier alpha value is -0.480. The van der Waals surface area contributed by atoms with E-state index in [-0.39, 0.29) is 0 Å². The molecule has 0 spiro atoms. The summed E-state index contributed by atoms with van der Waals surface area (Å²) < 4.78 is 5.89. The molecular weight excluding hydrogens is 208 g/mol. The third-order valence-electron chi connectivity index (χ3n) is 3.28. The number of rotatable bonds is 2. The Balaban J connectivity index is 1.74. The summed E-state index contributed by atoms with van der Waals surface area (Å²) in [6.45, 7) is 2.13. The van der Waals surface area contributed by atoms with Gasteiger partial charge in [-0.15, -0.1) is 0 Å². The summed E-state index contributed by atoms with van der Waals surface area (Å²) in [6.07, 6.45) is 4.37. The van der Waals surface area contributed by atoms with E-state index in [1.165, 1.54) is 24.3 Å². The van der Waals surface area contributed by atoms with Crippen LogP contribution in [0.2, 0.25) is 0 Å². The van der Waals surface area contributed by atoms with Crippen molar-refractivity contribution < 1.29 is 4.42 Å². The zero-order valence-electron chi connectivity index (χ0n) is 8.74. The molecule has 3 nitrogen and oxygen atoms in total. The van der Waals surface area contributed by atoms with Crippen molar-refractivity contribution in [3.05, 3.63) is 17.8 Å². The Bertz CT molecular complexity index is 297. The highest BCUT2D eigenvalue weighted by molar-refractivity contribution is 7.99. The lowest BCUT2D eigenvalue weighted by atomic mass is 10.1. The van der Waals surface area contributed by atoms with Crippen molar-refractivity contribution in [1.82, 2.24) is 10.3 Å². The number of hydrogen-bond donors (Lipinski definition) is 1. The van der Waals surface area contributed by atoms with Gasteiger partial charge in [-0.2, -0.15) is 11.8 Å². The van der Waals surface area contributed by atoms with Crippen LogP contribution >= 0.6 is 11.8 Å². The topological polar surface area (TPSA) is 38.1 Å². The van der Waals surface area contributed by atoms with Crippen molar-refractivity contribution >= 4 is 11.8 Å². The Morgan fingerprint density at radius 2 is 2.40 bits per heavy atom. The summed E-state index contributed by atoms with van der Waals surface area (Å²) in [5.74, 6) is 5.66. The molecule has 0 aromatic carbocycles. The Morgan fingerprint density at radius 1 is 1.40 bits per heavy atom. The highest BCUT2D eigenvalue weighted by Gasteiger charge is 2.25. The molecule has 0 aliphatic carbocycles. The van der Waals surface area contributed by atoms with E-state index >= 15 is 0 Å². The molecule has 0 amide bonds. The SMILES string of the molecule is c1nc(C2CCNC2)oc1C1CCSC1. The van der Waals surface area contributed by atoms with Crippen LogP contribution < -0.4 is 5.32 Å². The van der Waals surface area contributed by atoms with Crippen molar-refractivity contribution in [2.24, 2.45) is 0 Å². The van der Waals surface area contributed by atoms with Crippen LogP contribution in [0.3, 0.4) is 0 Å². The van der Waals surface area contributed by atoms with Crippen LogP contribution in [-0.4, -0.2) is 29.6 Å². The average molecular weight is 224 g/mol. The number of oxazole rings is 1. The van der Waals surface area contributed by atoms with Crippen molar-refractivity contribution in [1.29, 1.82) is 0 Å². The summed E-state index contributed by atoms with van der Waals surface area (Å²) in [5, 5.41) is 3.35. The minimum atomic E-state index is 0.507. The fourth-order valence-electron chi connectivity index (χ4n) is 2.30. The van der Waals surface area contributed by atoms with Crippen LogP contribution in [0.1, 0.15) is 36.3 Å². The van der Waals surface area contributed by atoms with E-state index in [1.807, 2.05) is 18.0 Å². The highest BCUT2D eigenvalue weighted by atomic mass is 32.2. The summed E-state index contributed by atoms with van der Waals surface area (Å²) in [6, 6.07) is 0. The second-order valence-electron chi connectivity index (χ2n) is 4.35.